The molecule has 0 aromatic heterocycles. The van der Waals surface area contributed by atoms with E-state index in [9.17, 15) is 61.0 Å². The zero-order chi connectivity index (χ0) is 36.4. The van der Waals surface area contributed by atoms with Crippen LogP contribution in [0, 0.1) is 0 Å². The molecule has 3 fully saturated rings. The standard InChI is InChI=1S/C30H55NO18/c1-3-5-6-8-14(35)13(31-18(36)7-4-2)12-44-28-24(42)21(39)26(16(10-33)46-28)49-30-25(43)22(40)27(17(11-34)47-30)48-29-23(41)20(38)19(37)15(9-32)45-29/h13-17,19-30,32-35,37-43H,3-12H2,1-2H3,(H,31,36). The Morgan fingerprint density at radius 1 is 0.653 bits per heavy atom. The molecule has 19 heteroatoms. The van der Waals surface area contributed by atoms with Crippen LogP contribution in [0.5, 0.6) is 0 Å². The lowest BCUT2D eigenvalue weighted by atomic mass is 9.96. The monoisotopic (exact) mass is 717 g/mol. The molecular formula is C30H55NO18. The maximum Gasteiger partial charge on any atom is 0.220 e. The quantitative estimate of drug-likeness (QED) is 0.0589. The molecule has 3 heterocycles. The van der Waals surface area contributed by atoms with E-state index >= 15 is 0 Å². The van der Waals surface area contributed by atoms with Gasteiger partial charge in [0.1, 0.15) is 73.2 Å². The fourth-order valence-corrected chi connectivity index (χ4v) is 5.94. The number of aliphatic hydroxyl groups is 11. The van der Waals surface area contributed by atoms with Crippen molar-refractivity contribution in [2.24, 2.45) is 0 Å². The molecule has 0 radical (unpaired) electrons. The number of carbonyl (C=O) groups excluding carboxylic acids is 1. The average Bonchev–Trinajstić information content (AvgIpc) is 3.08. The van der Waals surface area contributed by atoms with Crippen molar-refractivity contribution in [2.75, 3.05) is 26.4 Å². The lowest BCUT2D eigenvalue weighted by Gasteiger charge is -2.48. The van der Waals surface area contributed by atoms with Crippen LogP contribution in [0.15, 0.2) is 0 Å². The van der Waals surface area contributed by atoms with Crippen LogP contribution in [0.4, 0.5) is 0 Å². The highest BCUT2D eigenvalue weighted by Gasteiger charge is 2.53. The van der Waals surface area contributed by atoms with Gasteiger partial charge in [-0.2, -0.15) is 0 Å². The predicted octanol–water partition coefficient (Wildman–Crippen LogP) is -5.32. The van der Waals surface area contributed by atoms with E-state index in [2.05, 4.69) is 5.32 Å². The number of unbranched alkanes of at least 4 members (excludes halogenated alkanes) is 2. The third-order valence-electron chi connectivity index (χ3n) is 8.90. The van der Waals surface area contributed by atoms with Gasteiger partial charge < -0.3 is 89.9 Å². The second-order valence-corrected chi connectivity index (χ2v) is 12.6. The predicted molar refractivity (Wildman–Crippen MR) is 162 cm³/mol. The van der Waals surface area contributed by atoms with Crippen LogP contribution >= 0.6 is 0 Å². The molecule has 0 bridgehead atoms. The van der Waals surface area contributed by atoms with E-state index in [1.165, 1.54) is 0 Å². The SMILES string of the molecule is CCCCCC(O)C(COC1OC(CO)C(OC2OC(CO)C(OC3OC(CO)C(O)C(O)C3O)C(O)C2O)C(O)C1O)NC(=O)CCC. The molecule has 49 heavy (non-hydrogen) atoms. The summed E-state index contributed by atoms with van der Waals surface area (Å²) in [6.07, 6.45) is -22.7. The van der Waals surface area contributed by atoms with E-state index in [4.69, 9.17) is 28.4 Å². The van der Waals surface area contributed by atoms with Gasteiger partial charge in [-0.1, -0.05) is 33.1 Å². The molecule has 19 nitrogen and oxygen atoms in total. The van der Waals surface area contributed by atoms with Gasteiger partial charge in [-0.3, -0.25) is 4.79 Å². The molecule has 3 aliphatic rings. The average molecular weight is 718 g/mol. The Morgan fingerprint density at radius 3 is 1.65 bits per heavy atom. The molecule has 0 spiro atoms. The Balaban J connectivity index is 1.66. The molecule has 3 saturated heterocycles. The van der Waals surface area contributed by atoms with E-state index in [0.717, 1.165) is 12.8 Å². The maximum absolute atomic E-state index is 12.3. The minimum Gasteiger partial charge on any atom is -0.394 e. The molecular weight excluding hydrogens is 662 g/mol. The van der Waals surface area contributed by atoms with E-state index in [1.807, 2.05) is 13.8 Å². The van der Waals surface area contributed by atoms with Crippen molar-refractivity contribution in [1.29, 1.82) is 0 Å². The minimum absolute atomic E-state index is 0.215. The Morgan fingerprint density at radius 2 is 1.14 bits per heavy atom. The molecule has 288 valence electrons. The summed E-state index contributed by atoms with van der Waals surface area (Å²) in [5.74, 6) is -0.312. The summed E-state index contributed by atoms with van der Waals surface area (Å²) in [4.78, 5) is 12.3. The number of aliphatic hydroxyl groups excluding tert-OH is 11. The van der Waals surface area contributed by atoms with Crippen LogP contribution in [-0.2, 0) is 33.2 Å². The van der Waals surface area contributed by atoms with E-state index in [0.29, 0.717) is 19.3 Å². The number of rotatable bonds is 18. The van der Waals surface area contributed by atoms with E-state index in [-0.39, 0.29) is 18.9 Å². The van der Waals surface area contributed by atoms with Crippen molar-refractivity contribution in [1.82, 2.24) is 5.32 Å². The molecule has 0 aromatic carbocycles. The van der Waals surface area contributed by atoms with Gasteiger partial charge in [0.15, 0.2) is 18.9 Å². The van der Waals surface area contributed by atoms with Gasteiger partial charge in [-0.05, 0) is 12.8 Å². The molecule has 0 aliphatic carbocycles. The lowest BCUT2D eigenvalue weighted by molar-refractivity contribution is -0.379. The van der Waals surface area contributed by atoms with Crippen molar-refractivity contribution in [3.63, 3.8) is 0 Å². The smallest absolute Gasteiger partial charge is 0.220 e. The Bertz CT molecular complexity index is 962. The number of hydrogen-bond acceptors (Lipinski definition) is 18. The molecule has 3 rings (SSSR count). The first-order valence-electron chi connectivity index (χ1n) is 16.8. The van der Waals surface area contributed by atoms with Crippen LogP contribution in [0.1, 0.15) is 52.4 Å². The summed E-state index contributed by atoms with van der Waals surface area (Å²) in [6, 6.07) is -0.869. The van der Waals surface area contributed by atoms with Crippen molar-refractivity contribution < 1.29 is 89.4 Å². The molecule has 17 atom stereocenters. The molecule has 12 N–H and O–H groups in total. The van der Waals surface area contributed by atoms with Gasteiger partial charge in [-0.25, -0.2) is 0 Å². The summed E-state index contributed by atoms with van der Waals surface area (Å²) in [5.41, 5.74) is 0. The number of nitrogens with one attached hydrogen (secondary N) is 1. The van der Waals surface area contributed by atoms with Gasteiger partial charge in [0.2, 0.25) is 5.91 Å². The number of hydrogen-bond donors (Lipinski definition) is 12. The summed E-state index contributed by atoms with van der Waals surface area (Å²) < 4.78 is 33.4. The third kappa shape index (κ3) is 10.7. The first-order valence-corrected chi connectivity index (χ1v) is 16.8. The van der Waals surface area contributed by atoms with Crippen molar-refractivity contribution in [3.05, 3.63) is 0 Å². The van der Waals surface area contributed by atoms with E-state index in [1.54, 1.807) is 0 Å². The first kappa shape index (κ1) is 42.2. The van der Waals surface area contributed by atoms with Crippen LogP contribution in [-0.4, -0.2) is 193 Å². The Hall–Kier alpha value is -1.21. The highest BCUT2D eigenvalue weighted by Crippen LogP contribution is 2.32. The van der Waals surface area contributed by atoms with Crippen molar-refractivity contribution >= 4 is 5.91 Å². The zero-order valence-corrected chi connectivity index (χ0v) is 27.7. The fourth-order valence-electron chi connectivity index (χ4n) is 5.94. The Kier molecular flexibility index (Phi) is 17.3. The van der Waals surface area contributed by atoms with Crippen molar-refractivity contribution in [3.8, 4) is 0 Å². The molecule has 17 unspecified atom stereocenters. The van der Waals surface area contributed by atoms with Gasteiger partial charge >= 0.3 is 0 Å². The number of amides is 1. The highest BCUT2D eigenvalue weighted by atomic mass is 16.8. The Labute approximate surface area is 283 Å². The fraction of sp³-hybridized carbons (Fsp3) is 0.967. The third-order valence-corrected chi connectivity index (χ3v) is 8.90. The van der Waals surface area contributed by atoms with Crippen LogP contribution in [0.3, 0.4) is 0 Å². The van der Waals surface area contributed by atoms with Crippen LogP contribution in [0.2, 0.25) is 0 Å². The summed E-state index contributed by atoms with van der Waals surface area (Å²) in [7, 11) is 0. The van der Waals surface area contributed by atoms with Gasteiger partial charge in [-0.15, -0.1) is 0 Å². The summed E-state index contributed by atoms with van der Waals surface area (Å²) >= 11 is 0. The topological polar surface area (TPSA) is 307 Å². The van der Waals surface area contributed by atoms with Gasteiger partial charge in [0.25, 0.3) is 0 Å². The van der Waals surface area contributed by atoms with Gasteiger partial charge in [0, 0.05) is 6.42 Å². The minimum atomic E-state index is -1.96. The lowest BCUT2D eigenvalue weighted by Crippen LogP contribution is -2.66. The normalized spacial score (nSPS) is 41.3. The summed E-state index contributed by atoms with van der Waals surface area (Å²) in [5, 5.41) is 117. The van der Waals surface area contributed by atoms with E-state index < -0.39 is 124 Å². The van der Waals surface area contributed by atoms with Crippen LogP contribution < -0.4 is 5.32 Å². The van der Waals surface area contributed by atoms with Gasteiger partial charge in [0.05, 0.1) is 38.6 Å². The largest absolute Gasteiger partial charge is 0.394 e. The molecule has 3 aliphatic heterocycles. The molecule has 0 aromatic rings. The first-order chi connectivity index (χ1) is 23.3. The molecule has 1 amide bonds. The molecule has 0 saturated carbocycles. The van der Waals surface area contributed by atoms with Crippen molar-refractivity contribution in [2.45, 2.75) is 157 Å². The number of ether oxygens (including phenoxy) is 6. The van der Waals surface area contributed by atoms with Crippen LogP contribution in [0.25, 0.3) is 0 Å². The summed E-state index contributed by atoms with van der Waals surface area (Å²) in [6.45, 7) is 1.11. The number of carbonyl (C=O) groups is 1. The second-order valence-electron chi connectivity index (χ2n) is 12.6. The second kappa shape index (κ2) is 20.1. The highest BCUT2D eigenvalue weighted by molar-refractivity contribution is 5.76. The zero-order valence-electron chi connectivity index (χ0n) is 27.7. The maximum atomic E-state index is 12.3.